The highest BCUT2D eigenvalue weighted by Crippen LogP contribution is 2.32. The van der Waals surface area contributed by atoms with Gasteiger partial charge in [0, 0.05) is 18.7 Å². The maximum atomic E-state index is 5.73. The molecule has 1 heterocycles. The van der Waals surface area contributed by atoms with E-state index in [0.29, 0.717) is 5.75 Å². The number of hydrazine groups is 1. The number of hydrogen-bond acceptors (Lipinski definition) is 5. The van der Waals surface area contributed by atoms with Gasteiger partial charge in [-0.1, -0.05) is 0 Å². The summed E-state index contributed by atoms with van der Waals surface area (Å²) in [5, 5.41) is 0. The molecule has 0 aliphatic rings. The zero-order chi connectivity index (χ0) is 14.7. The average Bonchev–Trinajstić information content (AvgIpc) is 2.80. The summed E-state index contributed by atoms with van der Waals surface area (Å²) in [5.41, 5.74) is 4.71. The van der Waals surface area contributed by atoms with Crippen LogP contribution >= 0.6 is 0 Å². The number of ether oxygens (including phenoxy) is 2. The molecule has 108 valence electrons. The van der Waals surface area contributed by atoms with Crippen molar-refractivity contribution < 1.29 is 9.47 Å². The lowest BCUT2D eigenvalue weighted by atomic mass is 10.0. The van der Waals surface area contributed by atoms with Gasteiger partial charge in [-0.2, -0.15) is 0 Å². The predicted octanol–water partition coefficient (Wildman–Crippen LogP) is 1.30. The molecule has 0 bridgehead atoms. The second kappa shape index (κ2) is 5.94. The molecule has 0 amide bonds. The minimum Gasteiger partial charge on any atom is -0.497 e. The van der Waals surface area contributed by atoms with Gasteiger partial charge < -0.3 is 14.0 Å². The van der Waals surface area contributed by atoms with Crippen LogP contribution in [0.25, 0.3) is 0 Å². The van der Waals surface area contributed by atoms with Crippen LogP contribution in [-0.2, 0) is 7.05 Å². The Morgan fingerprint density at radius 1 is 1.30 bits per heavy atom. The number of aryl methyl sites for hydroxylation is 1. The molecule has 1 unspecified atom stereocenters. The molecule has 1 aromatic carbocycles. The molecule has 0 fully saturated rings. The molecule has 1 aromatic heterocycles. The van der Waals surface area contributed by atoms with E-state index < -0.39 is 0 Å². The number of benzene rings is 1. The van der Waals surface area contributed by atoms with Crippen LogP contribution in [-0.4, -0.2) is 23.8 Å². The van der Waals surface area contributed by atoms with Gasteiger partial charge in [0.15, 0.2) is 0 Å². The number of nitrogens with two attached hydrogens (primary N) is 1. The lowest BCUT2D eigenvalue weighted by Crippen LogP contribution is -2.30. The summed E-state index contributed by atoms with van der Waals surface area (Å²) in [6.45, 7) is 1.95. The Balaban J connectivity index is 2.49. The van der Waals surface area contributed by atoms with E-state index in [2.05, 4.69) is 10.4 Å². The molecular weight excluding hydrogens is 256 g/mol. The molecule has 6 nitrogen and oxygen atoms in total. The summed E-state index contributed by atoms with van der Waals surface area (Å²) in [6.07, 6.45) is 1.81. The quantitative estimate of drug-likeness (QED) is 0.636. The fourth-order valence-electron chi connectivity index (χ4n) is 2.18. The molecule has 0 spiro atoms. The fourth-order valence-corrected chi connectivity index (χ4v) is 2.18. The third-order valence-electron chi connectivity index (χ3n) is 3.47. The molecule has 0 radical (unpaired) electrons. The van der Waals surface area contributed by atoms with E-state index in [1.807, 2.05) is 42.9 Å². The van der Waals surface area contributed by atoms with E-state index in [0.717, 1.165) is 22.8 Å². The molecule has 1 atom stereocenters. The molecule has 2 rings (SSSR count). The molecule has 0 aliphatic carbocycles. The molecule has 6 heteroatoms. The monoisotopic (exact) mass is 276 g/mol. The molecule has 20 heavy (non-hydrogen) atoms. The van der Waals surface area contributed by atoms with Crippen molar-refractivity contribution in [3.63, 3.8) is 0 Å². The standard InChI is InChI=1S/C14H20N4O2/c1-9-16-8-12(18(9)2)14(17-15)11-6-5-10(19-3)7-13(11)20-4/h5-8,14,17H,15H2,1-4H3. The zero-order valence-corrected chi connectivity index (χ0v) is 12.2. The number of aromatic nitrogens is 2. The van der Waals surface area contributed by atoms with E-state index >= 15 is 0 Å². The molecule has 0 saturated heterocycles. The fraction of sp³-hybridized carbons (Fsp3) is 0.357. The van der Waals surface area contributed by atoms with Crippen molar-refractivity contribution in [3.05, 3.63) is 41.5 Å². The van der Waals surface area contributed by atoms with Gasteiger partial charge >= 0.3 is 0 Å². The lowest BCUT2D eigenvalue weighted by Gasteiger charge is -2.20. The minimum absolute atomic E-state index is 0.206. The van der Waals surface area contributed by atoms with Gasteiger partial charge in [-0.15, -0.1) is 0 Å². The number of hydrogen-bond donors (Lipinski definition) is 2. The lowest BCUT2D eigenvalue weighted by molar-refractivity contribution is 0.387. The van der Waals surface area contributed by atoms with Crippen molar-refractivity contribution >= 4 is 0 Å². The SMILES string of the molecule is COc1ccc(C(NN)c2cnc(C)n2C)c(OC)c1. The first-order valence-corrected chi connectivity index (χ1v) is 6.28. The summed E-state index contributed by atoms with van der Waals surface area (Å²) < 4.78 is 12.6. The van der Waals surface area contributed by atoms with E-state index in [4.69, 9.17) is 15.3 Å². The normalized spacial score (nSPS) is 12.2. The Kier molecular flexibility index (Phi) is 4.26. The number of nitrogens with zero attached hydrogens (tertiary/aromatic N) is 2. The Labute approximate surface area is 118 Å². The Hall–Kier alpha value is -2.05. The molecule has 2 aromatic rings. The summed E-state index contributed by atoms with van der Waals surface area (Å²) in [7, 11) is 5.20. The van der Waals surface area contributed by atoms with E-state index in [9.17, 15) is 0 Å². The average molecular weight is 276 g/mol. The number of nitrogens with one attached hydrogen (secondary N) is 1. The van der Waals surface area contributed by atoms with Gasteiger partial charge in [0.2, 0.25) is 0 Å². The Bertz CT molecular complexity index is 595. The van der Waals surface area contributed by atoms with E-state index in [1.165, 1.54) is 0 Å². The summed E-state index contributed by atoms with van der Waals surface area (Å²) in [4.78, 5) is 4.30. The van der Waals surface area contributed by atoms with Crippen LogP contribution in [0.4, 0.5) is 0 Å². The minimum atomic E-state index is -0.206. The first-order valence-electron chi connectivity index (χ1n) is 6.28. The largest absolute Gasteiger partial charge is 0.497 e. The second-order valence-electron chi connectivity index (χ2n) is 4.50. The van der Waals surface area contributed by atoms with Crippen molar-refractivity contribution in [1.82, 2.24) is 15.0 Å². The molecule has 0 aliphatic heterocycles. The number of imidazole rings is 1. The Morgan fingerprint density at radius 2 is 2.05 bits per heavy atom. The predicted molar refractivity (Wildman–Crippen MR) is 76.7 cm³/mol. The maximum Gasteiger partial charge on any atom is 0.127 e. The van der Waals surface area contributed by atoms with Gasteiger partial charge in [-0.05, 0) is 19.1 Å². The third-order valence-corrected chi connectivity index (χ3v) is 3.47. The second-order valence-corrected chi connectivity index (χ2v) is 4.50. The first-order chi connectivity index (χ1) is 9.62. The Morgan fingerprint density at radius 3 is 2.55 bits per heavy atom. The van der Waals surface area contributed by atoms with Crippen LogP contribution in [0.1, 0.15) is 23.1 Å². The van der Waals surface area contributed by atoms with Crippen molar-refractivity contribution in [3.8, 4) is 11.5 Å². The van der Waals surface area contributed by atoms with Gasteiger partial charge in [-0.25, -0.2) is 10.4 Å². The maximum absolute atomic E-state index is 5.73. The first kappa shape index (κ1) is 14.4. The molecular formula is C14H20N4O2. The van der Waals surface area contributed by atoms with Crippen molar-refractivity contribution in [2.24, 2.45) is 12.9 Å². The van der Waals surface area contributed by atoms with Crippen molar-refractivity contribution in [2.75, 3.05) is 14.2 Å². The third kappa shape index (κ3) is 2.48. The molecule has 3 N–H and O–H groups in total. The van der Waals surface area contributed by atoms with Crippen LogP contribution in [0, 0.1) is 6.92 Å². The van der Waals surface area contributed by atoms with E-state index in [1.54, 1.807) is 14.2 Å². The summed E-state index contributed by atoms with van der Waals surface area (Å²) in [5.74, 6) is 8.11. The van der Waals surface area contributed by atoms with Gasteiger partial charge in [0.1, 0.15) is 17.3 Å². The van der Waals surface area contributed by atoms with Gasteiger partial charge in [0.05, 0.1) is 32.2 Å². The summed E-state index contributed by atoms with van der Waals surface area (Å²) in [6, 6.07) is 5.45. The van der Waals surface area contributed by atoms with Crippen LogP contribution in [0.3, 0.4) is 0 Å². The number of methoxy groups -OCH3 is 2. The van der Waals surface area contributed by atoms with Gasteiger partial charge in [-0.3, -0.25) is 5.84 Å². The highest BCUT2D eigenvalue weighted by Gasteiger charge is 2.21. The van der Waals surface area contributed by atoms with Crippen LogP contribution in [0.5, 0.6) is 11.5 Å². The van der Waals surface area contributed by atoms with Crippen molar-refractivity contribution in [1.29, 1.82) is 0 Å². The highest BCUT2D eigenvalue weighted by molar-refractivity contribution is 5.45. The van der Waals surface area contributed by atoms with Crippen LogP contribution < -0.4 is 20.7 Å². The topological polar surface area (TPSA) is 74.3 Å². The van der Waals surface area contributed by atoms with E-state index in [-0.39, 0.29) is 6.04 Å². The molecule has 0 saturated carbocycles. The highest BCUT2D eigenvalue weighted by atomic mass is 16.5. The van der Waals surface area contributed by atoms with Crippen LogP contribution in [0.2, 0.25) is 0 Å². The van der Waals surface area contributed by atoms with Gasteiger partial charge in [0.25, 0.3) is 0 Å². The number of rotatable bonds is 5. The van der Waals surface area contributed by atoms with Crippen molar-refractivity contribution in [2.45, 2.75) is 13.0 Å². The summed E-state index contributed by atoms with van der Waals surface area (Å²) >= 11 is 0. The smallest absolute Gasteiger partial charge is 0.127 e. The van der Waals surface area contributed by atoms with Crippen LogP contribution in [0.15, 0.2) is 24.4 Å². The zero-order valence-electron chi connectivity index (χ0n) is 12.2.